The molecule has 0 unspecified atom stereocenters. The van der Waals surface area contributed by atoms with Crippen LogP contribution >= 0.6 is 11.3 Å². The Kier molecular flexibility index (Phi) is 5.86. The van der Waals surface area contributed by atoms with Crippen molar-refractivity contribution in [3.63, 3.8) is 0 Å². The van der Waals surface area contributed by atoms with Crippen molar-refractivity contribution in [1.82, 2.24) is 14.4 Å². The summed E-state index contributed by atoms with van der Waals surface area (Å²) in [7, 11) is -3.75. The van der Waals surface area contributed by atoms with Gasteiger partial charge >= 0.3 is 0 Å². The van der Waals surface area contributed by atoms with Gasteiger partial charge in [-0.05, 0) is 37.1 Å². The van der Waals surface area contributed by atoms with Crippen LogP contribution in [0.1, 0.15) is 24.3 Å². The third-order valence-electron chi connectivity index (χ3n) is 4.97. The Bertz CT molecular complexity index is 1260. The van der Waals surface area contributed by atoms with Crippen molar-refractivity contribution in [1.29, 1.82) is 5.26 Å². The molecule has 2 aromatic heterocycles. The Morgan fingerprint density at radius 3 is 2.97 bits per heavy atom. The topological polar surface area (TPSA) is 129 Å². The van der Waals surface area contributed by atoms with Gasteiger partial charge in [-0.2, -0.15) is 14.6 Å². The lowest BCUT2D eigenvalue weighted by molar-refractivity contribution is -0.120. The molecule has 0 aliphatic carbocycles. The molecule has 160 valence electrons. The van der Waals surface area contributed by atoms with Crippen LogP contribution in [-0.2, 0) is 14.8 Å². The summed E-state index contributed by atoms with van der Waals surface area (Å²) < 4.78 is 32.8. The number of rotatable bonds is 5. The zero-order valence-electron chi connectivity index (χ0n) is 16.6. The molecule has 31 heavy (non-hydrogen) atoms. The molecule has 9 nitrogen and oxygen atoms in total. The summed E-state index contributed by atoms with van der Waals surface area (Å²) in [5.74, 6) is -0.000756. The maximum absolute atomic E-state index is 13.2. The van der Waals surface area contributed by atoms with Crippen LogP contribution in [0.3, 0.4) is 0 Å². The number of hydrogen-bond donors (Lipinski definition) is 1. The van der Waals surface area contributed by atoms with Crippen LogP contribution < -0.4 is 5.32 Å². The maximum atomic E-state index is 13.2. The lowest BCUT2D eigenvalue weighted by atomic mass is 9.98. The SMILES string of the molecule is Cc1nc(-c2csc(S(=O)(=O)N3CCC[C@H](C(=O)Nc4cccc(C#N)c4)C3)c2)no1. The molecular weight excluding hydrogens is 438 g/mol. The van der Waals surface area contributed by atoms with Crippen molar-refractivity contribution >= 4 is 33.0 Å². The number of nitrogens with zero attached hydrogens (tertiary/aromatic N) is 4. The summed E-state index contributed by atoms with van der Waals surface area (Å²) in [6.07, 6.45) is 1.17. The molecule has 1 atom stereocenters. The van der Waals surface area contributed by atoms with Gasteiger partial charge in [0.05, 0.1) is 17.6 Å². The Morgan fingerprint density at radius 2 is 2.23 bits per heavy atom. The Morgan fingerprint density at radius 1 is 1.39 bits per heavy atom. The second kappa shape index (κ2) is 8.58. The van der Waals surface area contributed by atoms with E-state index < -0.39 is 15.9 Å². The first-order valence-corrected chi connectivity index (χ1v) is 11.9. The number of carbonyl (C=O) groups excluding carboxylic acids is 1. The smallest absolute Gasteiger partial charge is 0.252 e. The number of thiophene rings is 1. The molecule has 1 aliphatic heterocycles. The van der Waals surface area contributed by atoms with Crippen molar-refractivity contribution in [2.75, 3.05) is 18.4 Å². The van der Waals surface area contributed by atoms with E-state index in [1.54, 1.807) is 36.6 Å². The second-order valence-corrected chi connectivity index (χ2v) is 10.3. The van der Waals surface area contributed by atoms with E-state index in [1.807, 2.05) is 6.07 Å². The van der Waals surface area contributed by atoms with Crippen LogP contribution in [0.15, 0.2) is 44.4 Å². The first-order valence-electron chi connectivity index (χ1n) is 9.57. The molecule has 11 heteroatoms. The zero-order valence-corrected chi connectivity index (χ0v) is 18.2. The molecular formula is C20H19N5O4S2. The van der Waals surface area contributed by atoms with Gasteiger partial charge in [-0.3, -0.25) is 4.79 Å². The zero-order chi connectivity index (χ0) is 22.0. The van der Waals surface area contributed by atoms with Gasteiger partial charge in [0, 0.05) is 36.6 Å². The maximum Gasteiger partial charge on any atom is 0.252 e. The highest BCUT2D eigenvalue weighted by atomic mass is 32.2. The summed E-state index contributed by atoms with van der Waals surface area (Å²) in [5, 5.41) is 17.3. The van der Waals surface area contributed by atoms with Crippen LogP contribution in [0.5, 0.6) is 0 Å². The molecule has 0 spiro atoms. The van der Waals surface area contributed by atoms with E-state index in [-0.39, 0.29) is 16.7 Å². The molecule has 1 aliphatic rings. The first-order chi connectivity index (χ1) is 14.9. The van der Waals surface area contributed by atoms with E-state index in [9.17, 15) is 13.2 Å². The number of piperidine rings is 1. The molecule has 1 fully saturated rings. The van der Waals surface area contributed by atoms with Crippen LogP contribution in [0.4, 0.5) is 5.69 Å². The van der Waals surface area contributed by atoms with Crippen molar-refractivity contribution in [3.8, 4) is 17.5 Å². The predicted molar refractivity (Wildman–Crippen MR) is 114 cm³/mol. The molecule has 0 saturated carbocycles. The molecule has 4 rings (SSSR count). The number of sulfonamides is 1. The number of aromatic nitrogens is 2. The Labute approximate surface area is 183 Å². The highest BCUT2D eigenvalue weighted by Gasteiger charge is 2.34. The fourth-order valence-corrected chi connectivity index (χ4v) is 6.23. The molecule has 1 N–H and O–H groups in total. The fourth-order valence-electron chi connectivity index (χ4n) is 3.40. The molecule has 1 saturated heterocycles. The molecule has 3 heterocycles. The summed E-state index contributed by atoms with van der Waals surface area (Å²) >= 11 is 1.09. The normalized spacial score (nSPS) is 17.2. The second-order valence-electron chi connectivity index (χ2n) is 7.18. The van der Waals surface area contributed by atoms with Crippen molar-refractivity contribution in [2.24, 2.45) is 5.92 Å². The number of amides is 1. The first kappa shape index (κ1) is 21.2. The largest absolute Gasteiger partial charge is 0.339 e. The average molecular weight is 458 g/mol. The van der Waals surface area contributed by atoms with Crippen LogP contribution in [0.25, 0.3) is 11.4 Å². The van der Waals surface area contributed by atoms with E-state index in [1.165, 1.54) is 10.4 Å². The number of carbonyl (C=O) groups is 1. The van der Waals surface area contributed by atoms with Crippen LogP contribution in [0, 0.1) is 24.2 Å². The third-order valence-corrected chi connectivity index (χ3v) is 8.25. The monoisotopic (exact) mass is 457 g/mol. The Balaban J connectivity index is 1.48. The van der Waals surface area contributed by atoms with Crippen LogP contribution in [0.2, 0.25) is 0 Å². The summed E-state index contributed by atoms with van der Waals surface area (Å²) in [4.78, 5) is 16.9. The molecule has 0 bridgehead atoms. The summed E-state index contributed by atoms with van der Waals surface area (Å²) in [6, 6.07) is 10.2. The van der Waals surface area contributed by atoms with Gasteiger partial charge in [0.2, 0.25) is 17.6 Å². The van der Waals surface area contributed by atoms with E-state index in [0.29, 0.717) is 47.9 Å². The van der Waals surface area contributed by atoms with Gasteiger partial charge in [0.15, 0.2) is 0 Å². The van der Waals surface area contributed by atoms with Crippen molar-refractivity contribution < 1.29 is 17.7 Å². The Hall–Kier alpha value is -3.07. The third kappa shape index (κ3) is 4.51. The number of nitriles is 1. The van der Waals surface area contributed by atoms with Gasteiger partial charge in [-0.15, -0.1) is 11.3 Å². The molecule has 3 aromatic rings. The predicted octanol–water partition coefficient (Wildman–Crippen LogP) is 3.02. The van der Waals surface area contributed by atoms with E-state index >= 15 is 0 Å². The van der Waals surface area contributed by atoms with Crippen molar-refractivity contribution in [2.45, 2.75) is 24.0 Å². The number of hydrogen-bond acceptors (Lipinski definition) is 8. The highest BCUT2D eigenvalue weighted by molar-refractivity contribution is 7.91. The average Bonchev–Trinajstić information content (AvgIpc) is 3.43. The summed E-state index contributed by atoms with van der Waals surface area (Å²) in [6.45, 7) is 2.11. The number of aryl methyl sites for hydroxylation is 1. The van der Waals surface area contributed by atoms with Gasteiger partial charge < -0.3 is 9.84 Å². The van der Waals surface area contributed by atoms with E-state index in [2.05, 4.69) is 15.5 Å². The fraction of sp³-hybridized carbons (Fsp3) is 0.300. The number of anilines is 1. The minimum atomic E-state index is -3.75. The lowest BCUT2D eigenvalue weighted by Gasteiger charge is -2.30. The minimum Gasteiger partial charge on any atom is -0.339 e. The van der Waals surface area contributed by atoms with Crippen LogP contribution in [-0.4, -0.2) is 41.9 Å². The molecule has 1 aromatic carbocycles. The standard InChI is InChI=1S/C20H19N5O4S2/c1-13-22-19(24-29-13)16-9-18(30-12-16)31(27,28)25-7-3-5-15(11-25)20(26)23-17-6-2-4-14(8-17)10-21/h2,4,6,8-9,12,15H,3,5,7,11H2,1H3,(H,23,26)/t15-/m0/s1. The summed E-state index contributed by atoms with van der Waals surface area (Å²) in [5.41, 5.74) is 1.53. The van der Waals surface area contributed by atoms with E-state index in [4.69, 9.17) is 9.78 Å². The minimum absolute atomic E-state index is 0.0979. The number of nitrogens with one attached hydrogen (secondary N) is 1. The molecule has 1 amide bonds. The van der Waals surface area contributed by atoms with Gasteiger partial charge in [0.25, 0.3) is 10.0 Å². The number of benzene rings is 1. The lowest BCUT2D eigenvalue weighted by Crippen LogP contribution is -2.43. The quantitative estimate of drug-likeness (QED) is 0.623. The van der Waals surface area contributed by atoms with Crippen molar-refractivity contribution in [3.05, 3.63) is 47.2 Å². The highest BCUT2D eigenvalue weighted by Crippen LogP contribution is 2.31. The van der Waals surface area contributed by atoms with Gasteiger partial charge in [-0.1, -0.05) is 11.2 Å². The van der Waals surface area contributed by atoms with E-state index in [0.717, 1.165) is 11.3 Å². The van der Waals surface area contributed by atoms with Gasteiger partial charge in [-0.25, -0.2) is 8.42 Å². The molecule has 0 radical (unpaired) electrons. The van der Waals surface area contributed by atoms with Gasteiger partial charge in [0.1, 0.15) is 4.21 Å².